The highest BCUT2D eigenvalue weighted by atomic mass is 14.5. The molecular formula is C26H50. The molecule has 0 aromatic heterocycles. The van der Waals surface area contributed by atoms with Crippen LogP contribution >= 0.6 is 0 Å². The zero-order valence-corrected chi connectivity index (χ0v) is 18.8. The molecule has 4 saturated carbocycles. The molecule has 154 valence electrons. The fourth-order valence-electron chi connectivity index (χ4n) is 6.52. The lowest BCUT2D eigenvalue weighted by Gasteiger charge is -2.34. The van der Waals surface area contributed by atoms with E-state index in [1.165, 1.54) is 103 Å². The monoisotopic (exact) mass is 362 g/mol. The van der Waals surface area contributed by atoms with Crippen molar-refractivity contribution in [3.05, 3.63) is 0 Å². The molecule has 4 rings (SSSR count). The summed E-state index contributed by atoms with van der Waals surface area (Å²) in [5, 5.41) is 0. The Labute approximate surface area is 166 Å². The molecule has 0 aliphatic heterocycles. The third kappa shape index (κ3) is 7.20. The Morgan fingerprint density at radius 2 is 0.654 bits per heavy atom. The van der Waals surface area contributed by atoms with E-state index in [2.05, 4.69) is 27.7 Å². The molecule has 0 bridgehead atoms. The SMILES string of the molecule is C1CCCC1.C1CCCC1.CC(C)C1CCCC1C1CCCC1C(C)C. The van der Waals surface area contributed by atoms with Crippen molar-refractivity contribution in [3.63, 3.8) is 0 Å². The largest absolute Gasteiger partial charge is 0.0625 e. The van der Waals surface area contributed by atoms with Gasteiger partial charge in [-0.05, 0) is 61.2 Å². The lowest BCUT2D eigenvalue weighted by Crippen LogP contribution is -2.27. The Morgan fingerprint density at radius 1 is 0.385 bits per heavy atom. The minimum atomic E-state index is 0.918. The summed E-state index contributed by atoms with van der Waals surface area (Å²) in [6, 6.07) is 0. The van der Waals surface area contributed by atoms with Gasteiger partial charge in [0.1, 0.15) is 0 Å². The van der Waals surface area contributed by atoms with Crippen molar-refractivity contribution in [3.8, 4) is 0 Å². The third-order valence-corrected chi connectivity index (χ3v) is 8.01. The molecule has 0 radical (unpaired) electrons. The molecule has 4 aliphatic rings. The van der Waals surface area contributed by atoms with Gasteiger partial charge in [0.2, 0.25) is 0 Å². The van der Waals surface area contributed by atoms with E-state index in [9.17, 15) is 0 Å². The lowest BCUT2D eigenvalue weighted by atomic mass is 9.71. The second-order valence-corrected chi connectivity index (χ2v) is 10.5. The quantitative estimate of drug-likeness (QED) is 0.469. The van der Waals surface area contributed by atoms with E-state index >= 15 is 0 Å². The van der Waals surface area contributed by atoms with Crippen molar-refractivity contribution < 1.29 is 0 Å². The fraction of sp³-hybridized carbons (Fsp3) is 1.00. The van der Waals surface area contributed by atoms with Crippen LogP contribution in [0.4, 0.5) is 0 Å². The van der Waals surface area contributed by atoms with Crippen molar-refractivity contribution in [2.45, 2.75) is 130 Å². The molecule has 0 nitrogen and oxygen atoms in total. The van der Waals surface area contributed by atoms with Crippen LogP contribution in [0.5, 0.6) is 0 Å². The summed E-state index contributed by atoms with van der Waals surface area (Å²) >= 11 is 0. The van der Waals surface area contributed by atoms with Gasteiger partial charge in [0.25, 0.3) is 0 Å². The van der Waals surface area contributed by atoms with Gasteiger partial charge >= 0.3 is 0 Å². The minimum Gasteiger partial charge on any atom is -0.0625 e. The van der Waals surface area contributed by atoms with Crippen molar-refractivity contribution in [2.75, 3.05) is 0 Å². The van der Waals surface area contributed by atoms with Crippen LogP contribution in [-0.2, 0) is 0 Å². The molecule has 0 saturated heterocycles. The number of rotatable bonds is 3. The summed E-state index contributed by atoms with van der Waals surface area (Å²) < 4.78 is 0. The van der Waals surface area contributed by atoms with E-state index in [0.29, 0.717) is 0 Å². The highest BCUT2D eigenvalue weighted by Crippen LogP contribution is 2.50. The van der Waals surface area contributed by atoms with E-state index in [0.717, 1.165) is 35.5 Å². The molecule has 4 aliphatic carbocycles. The van der Waals surface area contributed by atoms with Gasteiger partial charge in [0, 0.05) is 0 Å². The molecule has 0 aromatic rings. The summed E-state index contributed by atoms with van der Waals surface area (Å²) in [5.74, 6) is 6.08. The molecule has 0 amide bonds. The standard InChI is InChI=1S/C16H30.2C5H10/c1-11(2)13-7-5-9-15(13)16-10-6-8-14(16)12(3)4;2*1-2-4-5-3-1/h11-16H,5-10H2,1-4H3;2*1-5H2. The summed E-state index contributed by atoms with van der Waals surface area (Å²) in [4.78, 5) is 0. The average Bonchev–Trinajstić information content (AvgIpc) is 3.47. The normalized spacial score (nSPS) is 33.9. The van der Waals surface area contributed by atoms with E-state index in [1.54, 1.807) is 0 Å². The van der Waals surface area contributed by atoms with Gasteiger partial charge in [-0.3, -0.25) is 0 Å². The Balaban J connectivity index is 0.000000196. The lowest BCUT2D eigenvalue weighted by molar-refractivity contribution is 0.149. The Bertz CT molecular complexity index is 285. The zero-order valence-electron chi connectivity index (χ0n) is 18.8. The Hall–Kier alpha value is 0. The smallest absolute Gasteiger partial charge is 0.0352 e. The predicted octanol–water partition coefficient (Wildman–Crippen LogP) is 9.03. The van der Waals surface area contributed by atoms with Crippen molar-refractivity contribution in [1.82, 2.24) is 0 Å². The molecule has 0 heterocycles. The first kappa shape index (κ1) is 22.3. The first-order chi connectivity index (χ1) is 12.6. The number of hydrogen-bond acceptors (Lipinski definition) is 0. The average molecular weight is 363 g/mol. The van der Waals surface area contributed by atoms with Crippen LogP contribution in [0.25, 0.3) is 0 Å². The van der Waals surface area contributed by atoms with Crippen molar-refractivity contribution in [1.29, 1.82) is 0 Å². The van der Waals surface area contributed by atoms with Gasteiger partial charge in [-0.25, -0.2) is 0 Å². The van der Waals surface area contributed by atoms with Gasteiger partial charge in [0.15, 0.2) is 0 Å². The van der Waals surface area contributed by atoms with Crippen LogP contribution < -0.4 is 0 Å². The molecule has 4 fully saturated rings. The fourth-order valence-corrected chi connectivity index (χ4v) is 6.52. The zero-order chi connectivity index (χ0) is 18.8. The maximum absolute atomic E-state index is 2.45. The summed E-state index contributed by atoms with van der Waals surface area (Å²) in [6.45, 7) is 9.79. The van der Waals surface area contributed by atoms with Crippen LogP contribution in [0, 0.1) is 35.5 Å². The molecule has 4 unspecified atom stereocenters. The highest BCUT2D eigenvalue weighted by Gasteiger charge is 2.41. The molecule has 4 atom stereocenters. The number of hydrogen-bond donors (Lipinski definition) is 0. The van der Waals surface area contributed by atoms with Crippen LogP contribution in [0.2, 0.25) is 0 Å². The van der Waals surface area contributed by atoms with E-state index < -0.39 is 0 Å². The van der Waals surface area contributed by atoms with E-state index in [4.69, 9.17) is 0 Å². The molecule has 0 spiro atoms. The first-order valence-electron chi connectivity index (χ1n) is 12.6. The second kappa shape index (κ2) is 12.5. The van der Waals surface area contributed by atoms with Gasteiger partial charge in [0.05, 0.1) is 0 Å². The summed E-state index contributed by atoms with van der Waals surface area (Å²) in [7, 11) is 0. The summed E-state index contributed by atoms with van der Waals surface area (Å²) in [5.41, 5.74) is 0. The highest BCUT2D eigenvalue weighted by molar-refractivity contribution is 4.91. The van der Waals surface area contributed by atoms with Crippen molar-refractivity contribution >= 4 is 0 Å². The maximum atomic E-state index is 2.45. The molecule has 0 aromatic carbocycles. The van der Waals surface area contributed by atoms with Gasteiger partial charge < -0.3 is 0 Å². The van der Waals surface area contributed by atoms with E-state index in [1.807, 2.05) is 0 Å². The van der Waals surface area contributed by atoms with Gasteiger partial charge in [-0.1, -0.05) is 105 Å². The van der Waals surface area contributed by atoms with Crippen LogP contribution in [0.15, 0.2) is 0 Å². The third-order valence-electron chi connectivity index (χ3n) is 8.01. The molecule has 0 heteroatoms. The summed E-state index contributed by atoms with van der Waals surface area (Å²) in [6.07, 6.45) is 24.1. The van der Waals surface area contributed by atoms with Crippen molar-refractivity contribution in [2.24, 2.45) is 35.5 Å². The molecular weight excluding hydrogens is 312 g/mol. The first-order valence-corrected chi connectivity index (χ1v) is 12.6. The van der Waals surface area contributed by atoms with Gasteiger partial charge in [-0.2, -0.15) is 0 Å². The Morgan fingerprint density at radius 3 is 0.885 bits per heavy atom. The van der Waals surface area contributed by atoms with Crippen LogP contribution in [0.3, 0.4) is 0 Å². The predicted molar refractivity (Wildman–Crippen MR) is 118 cm³/mol. The maximum Gasteiger partial charge on any atom is -0.0352 e. The topological polar surface area (TPSA) is 0 Å². The molecule has 0 N–H and O–H groups in total. The minimum absolute atomic E-state index is 0.918. The van der Waals surface area contributed by atoms with E-state index in [-0.39, 0.29) is 0 Å². The Kier molecular flexibility index (Phi) is 10.7. The van der Waals surface area contributed by atoms with Gasteiger partial charge in [-0.15, -0.1) is 0 Å². The second-order valence-electron chi connectivity index (χ2n) is 10.5. The molecule has 26 heavy (non-hydrogen) atoms. The van der Waals surface area contributed by atoms with Crippen LogP contribution in [0.1, 0.15) is 130 Å². The van der Waals surface area contributed by atoms with Crippen LogP contribution in [-0.4, -0.2) is 0 Å².